The largest absolute Gasteiger partial charge is 0.0654 e. The molecule has 3 aliphatic carbocycles. The molecule has 8 unspecified atom stereocenters. The van der Waals surface area contributed by atoms with Crippen LogP contribution >= 0.6 is 0 Å². The molecule has 0 saturated heterocycles. The first-order valence-electron chi connectivity index (χ1n) is 45.8. The lowest BCUT2D eigenvalue weighted by molar-refractivity contribution is -0.0715. The molecule has 98 heavy (non-hydrogen) atoms. The molecule has 0 radical (unpaired) electrons. The first-order chi connectivity index (χ1) is 45.8. The van der Waals surface area contributed by atoms with Crippen LogP contribution in [0.25, 0.3) is 0 Å². The summed E-state index contributed by atoms with van der Waals surface area (Å²) in [7, 11) is 0. The van der Waals surface area contributed by atoms with Crippen LogP contribution in [0.3, 0.4) is 0 Å². The monoisotopic (exact) mass is 1380 g/mol. The van der Waals surface area contributed by atoms with Gasteiger partial charge >= 0.3 is 0 Å². The molecule has 3 fully saturated rings. The lowest BCUT2D eigenvalue weighted by atomic mass is 9.48. The van der Waals surface area contributed by atoms with Gasteiger partial charge < -0.3 is 0 Å². The van der Waals surface area contributed by atoms with Crippen LogP contribution in [-0.2, 0) is 0 Å². The van der Waals surface area contributed by atoms with Gasteiger partial charge in [-0.05, 0) is 191 Å². The van der Waals surface area contributed by atoms with Crippen molar-refractivity contribution in [2.45, 2.75) is 543 Å². The molecule has 0 bridgehead atoms. The van der Waals surface area contributed by atoms with Crippen molar-refractivity contribution >= 4 is 0 Å². The Labute approximate surface area is 627 Å². The first-order valence-corrected chi connectivity index (χ1v) is 45.8. The summed E-state index contributed by atoms with van der Waals surface area (Å²) < 4.78 is 0. The minimum Gasteiger partial charge on any atom is -0.0654 e. The standard InChI is InChI=1S/2C26H52.2C21H44.C4H8/c2*1-9-12-17-24(5,6)26(8,25(7,11-3)18-13-10-2)19-15-14-16-23-20-22(4)21-23;2*1-9-13-16-19(5,6)21(8,18-15-11-3)20(7,12-4)17-14-10-2;1-2-4-3-1/h2*22-23H,9-21H2,1-8H3;2*9-18H2,1-8H3;1-4H2. The van der Waals surface area contributed by atoms with Gasteiger partial charge in [0.2, 0.25) is 0 Å². The third-order valence-corrected chi connectivity index (χ3v) is 32.5. The summed E-state index contributed by atoms with van der Waals surface area (Å²) >= 11 is 0. The minimum atomic E-state index is 0.437. The van der Waals surface area contributed by atoms with Crippen LogP contribution in [0.15, 0.2) is 0 Å². The maximum atomic E-state index is 2.67. The van der Waals surface area contributed by atoms with E-state index in [2.05, 4.69) is 222 Å². The van der Waals surface area contributed by atoms with Crippen molar-refractivity contribution in [2.24, 2.45) is 88.7 Å². The predicted molar refractivity (Wildman–Crippen MR) is 456 cm³/mol. The fourth-order valence-electron chi connectivity index (χ4n) is 20.8. The molecule has 0 aromatic rings. The zero-order valence-electron chi connectivity index (χ0n) is 75.7. The van der Waals surface area contributed by atoms with E-state index >= 15 is 0 Å². The van der Waals surface area contributed by atoms with Crippen LogP contribution in [0.1, 0.15) is 543 Å². The molecule has 0 N–H and O–H groups in total. The lowest BCUT2D eigenvalue weighted by Gasteiger charge is -2.57. The summed E-state index contributed by atoms with van der Waals surface area (Å²) in [6, 6.07) is 0. The van der Waals surface area contributed by atoms with E-state index in [9.17, 15) is 0 Å². The van der Waals surface area contributed by atoms with Crippen molar-refractivity contribution in [3.8, 4) is 0 Å². The molecule has 3 aliphatic rings. The summed E-state index contributed by atoms with van der Waals surface area (Å²) in [5, 5.41) is 0. The van der Waals surface area contributed by atoms with Crippen LogP contribution in [0, 0.1) is 88.7 Å². The summed E-state index contributed by atoms with van der Waals surface area (Å²) in [6.45, 7) is 79.7. The molecule has 0 aliphatic heterocycles. The highest BCUT2D eigenvalue weighted by molar-refractivity contribution is 5.04. The second-order valence-electron chi connectivity index (χ2n) is 40.3. The SMILES string of the molecule is C1CCC1.CCCCC(C)(C)C(C)(CCCC)C(C)(CC)CCCC.CCCCC(C)(C)C(C)(CCCC)C(C)(CC)CCCC.CCCCC(C)(C)C(C)(CCCCC1CC(C)C1)C(C)(CC)CCCC.CCCCC(C)(C)C(C)(CCCCC1CC(C)C1)C(C)(CC)CCCC. The third kappa shape index (κ3) is 30.0. The van der Waals surface area contributed by atoms with Crippen LogP contribution in [0.2, 0.25) is 0 Å². The Kier molecular flexibility index (Phi) is 50.8. The average molecular weight is 1380 g/mol. The quantitative estimate of drug-likeness (QED) is 0.0533. The molecule has 0 nitrogen and oxygen atoms in total. The molecule has 0 aromatic carbocycles. The fraction of sp³-hybridized carbons (Fsp3) is 1.00. The average Bonchev–Trinajstić information content (AvgIpc) is 0.778. The van der Waals surface area contributed by atoms with Gasteiger partial charge in [0.15, 0.2) is 0 Å². The number of hydrogen-bond acceptors (Lipinski definition) is 0. The Balaban J connectivity index is 0. The highest BCUT2D eigenvalue weighted by Crippen LogP contribution is 2.64. The van der Waals surface area contributed by atoms with E-state index in [1.807, 2.05) is 0 Å². The summed E-state index contributed by atoms with van der Waals surface area (Å²) in [4.78, 5) is 0. The van der Waals surface area contributed by atoms with Crippen molar-refractivity contribution in [1.82, 2.24) is 0 Å². The van der Waals surface area contributed by atoms with Gasteiger partial charge in [-0.3, -0.25) is 0 Å². The van der Waals surface area contributed by atoms with Crippen molar-refractivity contribution < 1.29 is 0 Å². The fourth-order valence-corrected chi connectivity index (χ4v) is 20.8. The van der Waals surface area contributed by atoms with E-state index < -0.39 is 0 Å². The van der Waals surface area contributed by atoms with Crippen molar-refractivity contribution in [3.63, 3.8) is 0 Å². The Hall–Kier alpha value is 0. The van der Waals surface area contributed by atoms with Gasteiger partial charge in [0.05, 0.1) is 0 Å². The van der Waals surface area contributed by atoms with E-state index in [0.717, 1.165) is 23.7 Å². The van der Waals surface area contributed by atoms with E-state index in [1.54, 1.807) is 0 Å². The van der Waals surface area contributed by atoms with Gasteiger partial charge in [0.1, 0.15) is 0 Å². The highest BCUT2D eigenvalue weighted by Gasteiger charge is 2.55. The summed E-state index contributed by atoms with van der Waals surface area (Å²) in [5.74, 6) is 4.13. The second kappa shape index (κ2) is 49.8. The second-order valence-corrected chi connectivity index (χ2v) is 40.3. The van der Waals surface area contributed by atoms with Crippen LogP contribution < -0.4 is 0 Å². The third-order valence-electron chi connectivity index (χ3n) is 32.5. The van der Waals surface area contributed by atoms with Crippen LogP contribution in [0.4, 0.5) is 0 Å². The van der Waals surface area contributed by atoms with Crippen molar-refractivity contribution in [1.29, 1.82) is 0 Å². The molecule has 0 aromatic heterocycles. The molecular formula is C98H200. The molecule has 0 heteroatoms. The Morgan fingerprint density at radius 1 is 0.204 bits per heavy atom. The maximum absolute atomic E-state index is 2.67. The number of hydrogen-bond donors (Lipinski definition) is 0. The molecular weight excluding hydrogens is 1180 g/mol. The predicted octanol–water partition coefficient (Wildman–Crippen LogP) is 36.4. The zero-order valence-corrected chi connectivity index (χ0v) is 75.7. The number of unbranched alkanes of at least 4 members (excludes halogenated alkanes) is 12. The molecule has 8 atom stereocenters. The normalized spacial score (nSPS) is 22.3. The molecule has 3 saturated carbocycles. The van der Waals surface area contributed by atoms with Gasteiger partial charge in [-0.1, -0.05) is 440 Å². The molecule has 0 spiro atoms. The van der Waals surface area contributed by atoms with E-state index in [-0.39, 0.29) is 0 Å². The van der Waals surface area contributed by atoms with E-state index in [1.165, 1.54) is 321 Å². The molecule has 3 rings (SSSR count). The topological polar surface area (TPSA) is 0 Å². The van der Waals surface area contributed by atoms with Crippen LogP contribution in [-0.4, -0.2) is 0 Å². The van der Waals surface area contributed by atoms with Crippen molar-refractivity contribution in [3.05, 3.63) is 0 Å². The Morgan fingerprint density at radius 3 is 0.520 bits per heavy atom. The van der Waals surface area contributed by atoms with Gasteiger partial charge in [-0.2, -0.15) is 0 Å². The van der Waals surface area contributed by atoms with Crippen molar-refractivity contribution in [2.75, 3.05) is 0 Å². The summed E-state index contributed by atoms with van der Waals surface area (Å²) in [6.07, 6.45) is 70.1. The summed E-state index contributed by atoms with van der Waals surface area (Å²) in [5.41, 5.74) is 5.48. The smallest absolute Gasteiger partial charge is 0.0221 e. The lowest BCUT2D eigenvalue weighted by Crippen LogP contribution is -2.48. The zero-order chi connectivity index (χ0) is 75.7. The first kappa shape index (κ1) is 100. The maximum Gasteiger partial charge on any atom is -0.0221 e. The molecule has 0 heterocycles. The van der Waals surface area contributed by atoms with Gasteiger partial charge in [-0.25, -0.2) is 0 Å². The van der Waals surface area contributed by atoms with E-state index in [4.69, 9.17) is 0 Å². The van der Waals surface area contributed by atoms with E-state index in [0.29, 0.717) is 65.0 Å². The Morgan fingerprint density at radius 2 is 0.367 bits per heavy atom. The van der Waals surface area contributed by atoms with Gasteiger partial charge in [0, 0.05) is 0 Å². The molecule has 0 amide bonds. The highest BCUT2D eigenvalue weighted by atomic mass is 14.6. The molecule has 592 valence electrons. The van der Waals surface area contributed by atoms with Crippen LogP contribution in [0.5, 0.6) is 0 Å². The minimum absolute atomic E-state index is 0.437. The van der Waals surface area contributed by atoms with Gasteiger partial charge in [-0.15, -0.1) is 0 Å². The number of rotatable bonds is 52. The van der Waals surface area contributed by atoms with Gasteiger partial charge in [0.25, 0.3) is 0 Å². The Bertz CT molecular complexity index is 1730.